The lowest BCUT2D eigenvalue weighted by atomic mass is 10.1. The van der Waals surface area contributed by atoms with Gasteiger partial charge in [0.05, 0.1) is 5.69 Å². The van der Waals surface area contributed by atoms with Gasteiger partial charge in [0.15, 0.2) is 0 Å². The first-order valence-corrected chi connectivity index (χ1v) is 6.78. The molecule has 2 nitrogen and oxygen atoms in total. The summed E-state index contributed by atoms with van der Waals surface area (Å²) in [7, 11) is 1.94. The van der Waals surface area contributed by atoms with Gasteiger partial charge in [0.1, 0.15) is 5.82 Å². The Bertz CT molecular complexity index is 599. The Hall–Kier alpha value is -1.55. The average Bonchev–Trinajstić information content (AvgIpc) is 2.37. The van der Waals surface area contributed by atoms with Gasteiger partial charge in [0, 0.05) is 23.8 Å². The minimum absolute atomic E-state index is 0.177. The molecule has 0 saturated heterocycles. The van der Waals surface area contributed by atoms with E-state index in [1.165, 1.54) is 17.2 Å². The Morgan fingerprint density at radius 3 is 2.63 bits per heavy atom. The molecule has 0 amide bonds. The van der Waals surface area contributed by atoms with Gasteiger partial charge in [0.2, 0.25) is 0 Å². The average molecular weight is 323 g/mol. The van der Waals surface area contributed by atoms with Crippen LogP contribution < -0.4 is 10.6 Å². The number of nitrogens with zero attached hydrogens (tertiary/aromatic N) is 1. The van der Waals surface area contributed by atoms with E-state index in [-0.39, 0.29) is 11.5 Å². The molecule has 100 valence electrons. The van der Waals surface area contributed by atoms with Crippen molar-refractivity contribution in [2.75, 3.05) is 17.7 Å². The van der Waals surface area contributed by atoms with Gasteiger partial charge in [-0.3, -0.25) is 0 Å². The third-order valence-electron chi connectivity index (χ3n) is 3.14. The fourth-order valence-electron chi connectivity index (χ4n) is 1.91. The minimum atomic E-state index is -0.379. The normalized spacial score (nSPS) is 10.5. The zero-order valence-electron chi connectivity index (χ0n) is 11.0. The quantitative estimate of drug-likeness (QED) is 0.861. The van der Waals surface area contributed by atoms with E-state index < -0.39 is 0 Å². The van der Waals surface area contributed by atoms with Gasteiger partial charge < -0.3 is 10.6 Å². The van der Waals surface area contributed by atoms with Crippen LogP contribution in [0.4, 0.5) is 15.8 Å². The molecule has 0 unspecified atom stereocenters. The van der Waals surface area contributed by atoms with Gasteiger partial charge in [-0.05, 0) is 48.4 Å². The summed E-state index contributed by atoms with van der Waals surface area (Å²) < 4.78 is 14.5. The smallest absolute Gasteiger partial charge is 0.148 e. The van der Waals surface area contributed by atoms with E-state index in [0.717, 1.165) is 10.2 Å². The van der Waals surface area contributed by atoms with Crippen LogP contribution in [0, 0.1) is 12.7 Å². The molecule has 0 bridgehead atoms. The molecule has 0 saturated carbocycles. The van der Waals surface area contributed by atoms with Crippen molar-refractivity contribution < 1.29 is 4.39 Å². The second-order valence-electron chi connectivity index (χ2n) is 4.63. The summed E-state index contributed by atoms with van der Waals surface area (Å²) in [6.07, 6.45) is 0. The molecule has 19 heavy (non-hydrogen) atoms. The Balaban J connectivity index is 2.22. The van der Waals surface area contributed by atoms with E-state index in [1.807, 2.05) is 24.1 Å². The van der Waals surface area contributed by atoms with E-state index in [0.29, 0.717) is 6.54 Å². The summed E-state index contributed by atoms with van der Waals surface area (Å²) in [5.74, 6) is -0.379. The molecular weight excluding hydrogens is 307 g/mol. The summed E-state index contributed by atoms with van der Waals surface area (Å²) >= 11 is 3.47. The molecule has 2 aromatic carbocycles. The number of aryl methyl sites for hydroxylation is 1. The van der Waals surface area contributed by atoms with Crippen LogP contribution in [0.5, 0.6) is 0 Å². The maximum atomic E-state index is 13.5. The third-order valence-corrected chi connectivity index (χ3v) is 3.64. The first-order chi connectivity index (χ1) is 8.97. The lowest BCUT2D eigenvalue weighted by molar-refractivity contribution is 0.632. The molecule has 0 spiro atoms. The summed E-state index contributed by atoms with van der Waals surface area (Å²) in [4.78, 5) is 2.00. The predicted molar refractivity (Wildman–Crippen MR) is 81.8 cm³/mol. The number of nitrogens with two attached hydrogens (primary N) is 1. The molecule has 0 radical (unpaired) electrons. The van der Waals surface area contributed by atoms with Crippen molar-refractivity contribution in [3.05, 3.63) is 57.8 Å². The van der Waals surface area contributed by atoms with Crippen LogP contribution in [0.3, 0.4) is 0 Å². The molecule has 4 heteroatoms. The number of halogens is 2. The molecular formula is C15H16BrFN2. The van der Waals surface area contributed by atoms with Crippen LogP contribution in [0.25, 0.3) is 0 Å². The molecule has 2 aromatic rings. The zero-order chi connectivity index (χ0) is 14.0. The van der Waals surface area contributed by atoms with Gasteiger partial charge >= 0.3 is 0 Å². The Morgan fingerprint density at radius 2 is 1.95 bits per heavy atom. The fraction of sp³-hybridized carbons (Fsp3) is 0.200. The Labute approximate surface area is 121 Å². The van der Waals surface area contributed by atoms with Crippen molar-refractivity contribution in [2.45, 2.75) is 13.5 Å². The lowest BCUT2D eigenvalue weighted by Gasteiger charge is -2.21. The number of hydrogen-bond donors (Lipinski definition) is 1. The highest BCUT2D eigenvalue weighted by Gasteiger charge is 2.07. The Kier molecular flexibility index (Phi) is 4.10. The number of hydrogen-bond acceptors (Lipinski definition) is 2. The van der Waals surface area contributed by atoms with Gasteiger partial charge in [-0.15, -0.1) is 0 Å². The molecule has 0 heterocycles. The molecule has 0 aliphatic heterocycles. The number of anilines is 2. The van der Waals surface area contributed by atoms with Crippen molar-refractivity contribution in [1.82, 2.24) is 0 Å². The lowest BCUT2D eigenvalue weighted by Crippen LogP contribution is -2.17. The molecule has 0 fully saturated rings. The van der Waals surface area contributed by atoms with Gasteiger partial charge in [-0.1, -0.05) is 22.0 Å². The predicted octanol–water partition coefficient (Wildman–Crippen LogP) is 4.12. The van der Waals surface area contributed by atoms with Gasteiger partial charge in [-0.25, -0.2) is 4.39 Å². The topological polar surface area (TPSA) is 29.3 Å². The van der Waals surface area contributed by atoms with Gasteiger partial charge in [0.25, 0.3) is 0 Å². The van der Waals surface area contributed by atoms with Crippen molar-refractivity contribution in [1.29, 1.82) is 0 Å². The standard InChI is InChI=1S/C15H16BrFN2/c1-10-3-4-12(16)7-11(10)9-19(2)13-5-6-15(18)14(17)8-13/h3-8H,9,18H2,1-2H3. The first kappa shape index (κ1) is 13.9. The van der Waals surface area contributed by atoms with Gasteiger partial charge in [-0.2, -0.15) is 0 Å². The van der Waals surface area contributed by atoms with E-state index in [1.54, 1.807) is 6.07 Å². The summed E-state index contributed by atoms with van der Waals surface area (Å²) in [6, 6.07) is 11.0. The highest BCUT2D eigenvalue weighted by atomic mass is 79.9. The van der Waals surface area contributed by atoms with Crippen LogP contribution in [-0.2, 0) is 6.54 Å². The molecule has 0 aliphatic carbocycles. The summed E-state index contributed by atoms with van der Waals surface area (Å²) in [5.41, 5.74) is 8.89. The fourth-order valence-corrected chi connectivity index (χ4v) is 2.32. The second-order valence-corrected chi connectivity index (χ2v) is 5.55. The van der Waals surface area contributed by atoms with E-state index in [4.69, 9.17) is 5.73 Å². The molecule has 0 atom stereocenters. The van der Waals surface area contributed by atoms with Crippen LogP contribution in [-0.4, -0.2) is 7.05 Å². The van der Waals surface area contributed by atoms with Crippen molar-refractivity contribution >= 4 is 27.3 Å². The SMILES string of the molecule is Cc1ccc(Br)cc1CN(C)c1ccc(N)c(F)c1. The summed E-state index contributed by atoms with van der Waals surface area (Å²) in [5, 5.41) is 0. The highest BCUT2D eigenvalue weighted by molar-refractivity contribution is 9.10. The van der Waals surface area contributed by atoms with Crippen LogP contribution in [0.2, 0.25) is 0 Å². The monoisotopic (exact) mass is 322 g/mol. The van der Waals surface area contributed by atoms with E-state index in [9.17, 15) is 4.39 Å². The van der Waals surface area contributed by atoms with Crippen molar-refractivity contribution in [2.24, 2.45) is 0 Å². The number of nitrogen functional groups attached to an aromatic ring is 1. The zero-order valence-corrected chi connectivity index (χ0v) is 12.5. The Morgan fingerprint density at radius 1 is 1.21 bits per heavy atom. The largest absolute Gasteiger partial charge is 0.396 e. The second kappa shape index (κ2) is 5.61. The van der Waals surface area contributed by atoms with E-state index in [2.05, 4.69) is 35.0 Å². The van der Waals surface area contributed by atoms with E-state index >= 15 is 0 Å². The third kappa shape index (κ3) is 3.26. The maximum Gasteiger partial charge on any atom is 0.148 e. The molecule has 0 aromatic heterocycles. The number of benzene rings is 2. The van der Waals surface area contributed by atoms with Crippen LogP contribution in [0.15, 0.2) is 40.9 Å². The minimum Gasteiger partial charge on any atom is -0.396 e. The summed E-state index contributed by atoms with van der Waals surface area (Å²) in [6.45, 7) is 2.79. The first-order valence-electron chi connectivity index (χ1n) is 5.98. The highest BCUT2D eigenvalue weighted by Crippen LogP contribution is 2.23. The van der Waals surface area contributed by atoms with Crippen LogP contribution in [0.1, 0.15) is 11.1 Å². The van der Waals surface area contributed by atoms with Crippen molar-refractivity contribution in [3.63, 3.8) is 0 Å². The van der Waals surface area contributed by atoms with Crippen LogP contribution >= 0.6 is 15.9 Å². The molecule has 0 aliphatic rings. The molecule has 2 rings (SSSR count). The van der Waals surface area contributed by atoms with Crippen molar-refractivity contribution in [3.8, 4) is 0 Å². The molecule has 2 N–H and O–H groups in total. The maximum absolute atomic E-state index is 13.5. The number of rotatable bonds is 3.